The molecule has 4 heteroatoms. The van der Waals surface area contributed by atoms with Crippen LogP contribution in [0.1, 0.15) is 19.8 Å². The molecular formula is C11H13ClN2O. The zero-order valence-electron chi connectivity index (χ0n) is 8.53. The van der Waals surface area contributed by atoms with Gasteiger partial charge in [-0.2, -0.15) is 0 Å². The van der Waals surface area contributed by atoms with Crippen molar-refractivity contribution >= 4 is 23.2 Å². The van der Waals surface area contributed by atoms with Crippen molar-refractivity contribution in [3.05, 3.63) is 29.3 Å². The summed E-state index contributed by atoms with van der Waals surface area (Å²) in [5.74, 6) is 0.115. The molecular weight excluding hydrogens is 212 g/mol. The average Bonchev–Trinajstić information content (AvgIpc) is 2.61. The second-order valence-corrected chi connectivity index (χ2v) is 4.08. The smallest absolute Gasteiger partial charge is 0.243 e. The maximum Gasteiger partial charge on any atom is 0.243 e. The number of hydrazine groups is 1. The van der Waals surface area contributed by atoms with Crippen LogP contribution in [-0.4, -0.2) is 11.9 Å². The van der Waals surface area contributed by atoms with Gasteiger partial charge < -0.3 is 0 Å². The molecule has 1 amide bonds. The lowest BCUT2D eigenvalue weighted by atomic mass is 10.2. The molecule has 15 heavy (non-hydrogen) atoms. The van der Waals surface area contributed by atoms with Gasteiger partial charge in [0.05, 0.1) is 5.69 Å². The van der Waals surface area contributed by atoms with E-state index in [1.54, 1.807) is 17.1 Å². The van der Waals surface area contributed by atoms with Crippen molar-refractivity contribution in [1.82, 2.24) is 5.43 Å². The molecule has 1 saturated heterocycles. The number of nitrogens with zero attached hydrogens (tertiary/aromatic N) is 1. The van der Waals surface area contributed by atoms with E-state index < -0.39 is 0 Å². The molecule has 0 radical (unpaired) electrons. The molecule has 1 atom stereocenters. The van der Waals surface area contributed by atoms with Crippen LogP contribution in [0.15, 0.2) is 24.3 Å². The van der Waals surface area contributed by atoms with Crippen molar-refractivity contribution < 1.29 is 4.79 Å². The highest BCUT2D eigenvalue weighted by Crippen LogP contribution is 2.21. The van der Waals surface area contributed by atoms with E-state index >= 15 is 0 Å². The summed E-state index contributed by atoms with van der Waals surface area (Å²) in [5, 5.41) is 2.28. The number of hydrogen-bond donors (Lipinski definition) is 1. The molecule has 1 aliphatic rings. The van der Waals surface area contributed by atoms with Crippen LogP contribution in [0.2, 0.25) is 5.02 Å². The van der Waals surface area contributed by atoms with Gasteiger partial charge >= 0.3 is 0 Å². The second-order valence-electron chi connectivity index (χ2n) is 3.64. The Hall–Kier alpha value is -1.06. The molecule has 0 aromatic heterocycles. The summed E-state index contributed by atoms with van der Waals surface area (Å²) in [6.45, 7) is 2.07. The van der Waals surface area contributed by atoms with Crippen LogP contribution >= 0.6 is 11.6 Å². The summed E-state index contributed by atoms with van der Waals surface area (Å²) in [6.07, 6.45) is 1.52. The van der Waals surface area contributed by atoms with E-state index in [2.05, 4.69) is 12.3 Å². The van der Waals surface area contributed by atoms with Gasteiger partial charge in [0.1, 0.15) is 0 Å². The molecule has 1 fully saturated rings. The monoisotopic (exact) mass is 224 g/mol. The molecule has 1 heterocycles. The summed E-state index contributed by atoms with van der Waals surface area (Å²) in [4.78, 5) is 11.7. The molecule has 2 rings (SSSR count). The van der Waals surface area contributed by atoms with Gasteiger partial charge in [0.2, 0.25) is 5.91 Å². The van der Waals surface area contributed by atoms with Crippen molar-refractivity contribution in [1.29, 1.82) is 0 Å². The van der Waals surface area contributed by atoms with E-state index in [4.69, 9.17) is 11.6 Å². The van der Waals surface area contributed by atoms with Crippen LogP contribution in [-0.2, 0) is 4.79 Å². The van der Waals surface area contributed by atoms with E-state index in [0.29, 0.717) is 11.4 Å². The summed E-state index contributed by atoms with van der Waals surface area (Å²) < 4.78 is 0. The van der Waals surface area contributed by atoms with Crippen LogP contribution < -0.4 is 10.4 Å². The van der Waals surface area contributed by atoms with Crippen LogP contribution in [0.3, 0.4) is 0 Å². The Morgan fingerprint density at radius 1 is 1.47 bits per heavy atom. The van der Waals surface area contributed by atoms with Gasteiger partial charge in [0.25, 0.3) is 0 Å². The first-order chi connectivity index (χ1) is 7.20. The van der Waals surface area contributed by atoms with Gasteiger partial charge in [0, 0.05) is 17.5 Å². The molecule has 1 aromatic carbocycles. The molecule has 80 valence electrons. The third kappa shape index (κ3) is 2.13. The third-order valence-electron chi connectivity index (χ3n) is 2.56. The Morgan fingerprint density at radius 3 is 2.67 bits per heavy atom. The molecule has 0 aliphatic carbocycles. The number of rotatable bonds is 2. The van der Waals surface area contributed by atoms with E-state index in [-0.39, 0.29) is 11.9 Å². The Bertz CT molecular complexity index is 363. The lowest BCUT2D eigenvalue weighted by Gasteiger charge is -2.17. The summed E-state index contributed by atoms with van der Waals surface area (Å²) in [5.41, 5.74) is 4.01. The first kappa shape index (κ1) is 10.5. The third-order valence-corrected chi connectivity index (χ3v) is 2.81. The van der Waals surface area contributed by atoms with E-state index in [0.717, 1.165) is 12.1 Å². The number of carbonyl (C=O) groups excluding carboxylic acids is 1. The fourth-order valence-electron chi connectivity index (χ4n) is 1.65. The van der Waals surface area contributed by atoms with Crippen molar-refractivity contribution in [2.45, 2.75) is 25.8 Å². The topological polar surface area (TPSA) is 32.3 Å². The Morgan fingerprint density at radius 2 is 2.13 bits per heavy atom. The van der Waals surface area contributed by atoms with Crippen molar-refractivity contribution in [2.24, 2.45) is 0 Å². The standard InChI is InChI=1S/C11H13ClN2O/c1-2-9-7-11(15)14(13-9)10-5-3-8(12)4-6-10/h3-6,9,13H,2,7H2,1H3. The predicted molar refractivity (Wildman–Crippen MR) is 60.8 cm³/mol. The summed E-state index contributed by atoms with van der Waals surface area (Å²) >= 11 is 5.79. The second kappa shape index (κ2) is 4.21. The van der Waals surface area contributed by atoms with Gasteiger partial charge in [0.15, 0.2) is 0 Å². The number of benzene rings is 1. The minimum absolute atomic E-state index is 0.115. The first-order valence-electron chi connectivity index (χ1n) is 5.05. The largest absolute Gasteiger partial charge is 0.273 e. The molecule has 1 unspecified atom stereocenters. The van der Waals surface area contributed by atoms with Crippen LogP contribution in [0, 0.1) is 0 Å². The van der Waals surface area contributed by atoms with Crippen LogP contribution in [0.4, 0.5) is 5.69 Å². The Labute approximate surface area is 94.0 Å². The molecule has 1 N–H and O–H groups in total. The molecule has 0 saturated carbocycles. The van der Waals surface area contributed by atoms with Gasteiger partial charge in [-0.15, -0.1) is 0 Å². The van der Waals surface area contributed by atoms with Crippen molar-refractivity contribution in [3.63, 3.8) is 0 Å². The SMILES string of the molecule is CCC1CC(=O)N(c2ccc(Cl)cc2)N1. The number of amides is 1. The number of halogens is 1. The minimum atomic E-state index is 0.115. The fraction of sp³-hybridized carbons (Fsp3) is 0.364. The van der Waals surface area contributed by atoms with Gasteiger partial charge in [-0.05, 0) is 30.7 Å². The number of anilines is 1. The molecule has 1 aliphatic heterocycles. The maximum absolute atomic E-state index is 11.7. The lowest BCUT2D eigenvalue weighted by Crippen LogP contribution is -2.37. The fourth-order valence-corrected chi connectivity index (χ4v) is 1.77. The minimum Gasteiger partial charge on any atom is -0.273 e. The molecule has 3 nitrogen and oxygen atoms in total. The molecule has 0 spiro atoms. The highest BCUT2D eigenvalue weighted by atomic mass is 35.5. The zero-order valence-corrected chi connectivity index (χ0v) is 9.29. The van der Waals surface area contributed by atoms with E-state index in [1.165, 1.54) is 0 Å². The van der Waals surface area contributed by atoms with Crippen molar-refractivity contribution in [2.75, 3.05) is 5.01 Å². The van der Waals surface area contributed by atoms with Crippen LogP contribution in [0.25, 0.3) is 0 Å². The predicted octanol–water partition coefficient (Wildman–Crippen LogP) is 2.36. The van der Waals surface area contributed by atoms with Crippen molar-refractivity contribution in [3.8, 4) is 0 Å². The molecule has 0 bridgehead atoms. The normalized spacial score (nSPS) is 21.1. The van der Waals surface area contributed by atoms with Gasteiger partial charge in [-0.1, -0.05) is 18.5 Å². The Kier molecular flexibility index (Phi) is 2.93. The lowest BCUT2D eigenvalue weighted by molar-refractivity contribution is -0.117. The molecule has 1 aromatic rings. The van der Waals surface area contributed by atoms with Gasteiger partial charge in [-0.25, -0.2) is 10.4 Å². The summed E-state index contributed by atoms with van der Waals surface area (Å²) in [7, 11) is 0. The number of carbonyl (C=O) groups is 1. The van der Waals surface area contributed by atoms with E-state index in [1.807, 2.05) is 12.1 Å². The summed E-state index contributed by atoms with van der Waals surface area (Å²) in [6, 6.07) is 7.50. The highest BCUT2D eigenvalue weighted by Gasteiger charge is 2.28. The number of hydrogen-bond acceptors (Lipinski definition) is 2. The Balaban J connectivity index is 2.18. The highest BCUT2D eigenvalue weighted by molar-refractivity contribution is 6.30. The maximum atomic E-state index is 11.7. The van der Waals surface area contributed by atoms with E-state index in [9.17, 15) is 4.79 Å². The zero-order chi connectivity index (χ0) is 10.8. The van der Waals surface area contributed by atoms with Crippen LogP contribution in [0.5, 0.6) is 0 Å². The quantitative estimate of drug-likeness (QED) is 0.837. The first-order valence-corrected chi connectivity index (χ1v) is 5.43. The average molecular weight is 225 g/mol. The number of nitrogens with one attached hydrogen (secondary N) is 1. The van der Waals surface area contributed by atoms with Gasteiger partial charge in [-0.3, -0.25) is 4.79 Å².